The molecule has 1 aromatic rings. The molecule has 1 nitrogen and oxygen atoms in total. The third-order valence-corrected chi connectivity index (χ3v) is 4.13. The Morgan fingerprint density at radius 3 is 2.53 bits per heavy atom. The Bertz CT molecular complexity index is 320. The van der Waals surface area contributed by atoms with Gasteiger partial charge in [-0.1, -0.05) is 56.5 Å². The smallest absolute Gasteiger partial charge is 0.0294 e. The Kier molecular flexibility index (Phi) is 4.61. The molecule has 0 saturated heterocycles. The summed E-state index contributed by atoms with van der Waals surface area (Å²) in [5, 5.41) is 3.82. The molecular weight excluding hydrogens is 206 g/mol. The third kappa shape index (κ3) is 3.57. The summed E-state index contributed by atoms with van der Waals surface area (Å²) in [7, 11) is 0. The van der Waals surface area contributed by atoms with E-state index in [0.29, 0.717) is 12.1 Å². The maximum absolute atomic E-state index is 3.82. The van der Waals surface area contributed by atoms with Crippen LogP contribution in [0.1, 0.15) is 57.6 Å². The lowest BCUT2D eigenvalue weighted by Crippen LogP contribution is -2.36. The van der Waals surface area contributed by atoms with E-state index in [1.807, 2.05) is 0 Å². The predicted octanol–water partition coefficient (Wildman–Crippen LogP) is 4.31. The third-order valence-electron chi connectivity index (χ3n) is 4.13. The molecule has 1 aliphatic rings. The molecular formula is C16H25N. The number of hydrogen-bond donors (Lipinski definition) is 1. The molecule has 1 heteroatoms. The molecule has 1 N–H and O–H groups in total. The Morgan fingerprint density at radius 1 is 1.06 bits per heavy atom. The summed E-state index contributed by atoms with van der Waals surface area (Å²) in [6, 6.07) is 12.0. The normalized spacial score (nSPS) is 27.4. The van der Waals surface area contributed by atoms with Crippen molar-refractivity contribution in [3.05, 3.63) is 35.9 Å². The van der Waals surface area contributed by atoms with Crippen LogP contribution in [-0.2, 0) is 0 Å². The van der Waals surface area contributed by atoms with E-state index in [9.17, 15) is 0 Å². The quantitative estimate of drug-likeness (QED) is 0.765. The molecule has 1 fully saturated rings. The van der Waals surface area contributed by atoms with Crippen LogP contribution in [0, 0.1) is 5.92 Å². The first-order valence-electron chi connectivity index (χ1n) is 7.08. The van der Waals surface area contributed by atoms with Crippen molar-refractivity contribution in [1.29, 1.82) is 0 Å². The highest BCUT2D eigenvalue weighted by Gasteiger charge is 2.21. The lowest BCUT2D eigenvalue weighted by atomic mass is 9.95. The van der Waals surface area contributed by atoms with Crippen LogP contribution in [0.15, 0.2) is 30.3 Å². The summed E-state index contributed by atoms with van der Waals surface area (Å²) in [6.45, 7) is 4.69. The molecule has 0 heterocycles. The SMILES string of the molecule is CC(NC1CCCCCC1C)c1ccccc1. The zero-order valence-electron chi connectivity index (χ0n) is 11.2. The van der Waals surface area contributed by atoms with Crippen LogP contribution >= 0.6 is 0 Å². The van der Waals surface area contributed by atoms with Crippen molar-refractivity contribution in [3.8, 4) is 0 Å². The standard InChI is InChI=1S/C16H25N/c1-13-9-5-3-8-12-16(13)17-14(2)15-10-6-4-7-11-15/h4,6-7,10-11,13-14,16-17H,3,5,8-9,12H2,1-2H3. The number of benzene rings is 1. The predicted molar refractivity (Wildman–Crippen MR) is 74.0 cm³/mol. The lowest BCUT2D eigenvalue weighted by Gasteiger charge is -2.27. The summed E-state index contributed by atoms with van der Waals surface area (Å²) >= 11 is 0. The van der Waals surface area contributed by atoms with Crippen molar-refractivity contribution in [3.63, 3.8) is 0 Å². The van der Waals surface area contributed by atoms with Gasteiger partial charge < -0.3 is 5.32 Å². The van der Waals surface area contributed by atoms with Gasteiger partial charge in [0.05, 0.1) is 0 Å². The maximum atomic E-state index is 3.82. The van der Waals surface area contributed by atoms with E-state index in [1.165, 1.54) is 37.7 Å². The van der Waals surface area contributed by atoms with Gasteiger partial charge in [-0.2, -0.15) is 0 Å². The highest BCUT2D eigenvalue weighted by Crippen LogP contribution is 2.25. The fraction of sp³-hybridized carbons (Fsp3) is 0.625. The van der Waals surface area contributed by atoms with Gasteiger partial charge in [0.2, 0.25) is 0 Å². The zero-order valence-corrected chi connectivity index (χ0v) is 11.2. The first-order valence-corrected chi connectivity index (χ1v) is 7.08. The van der Waals surface area contributed by atoms with Gasteiger partial charge in [-0.05, 0) is 31.2 Å². The number of hydrogen-bond acceptors (Lipinski definition) is 1. The Hall–Kier alpha value is -0.820. The molecule has 0 amide bonds. The van der Waals surface area contributed by atoms with Crippen LogP contribution in [0.5, 0.6) is 0 Å². The molecule has 2 rings (SSSR count). The first-order chi connectivity index (χ1) is 8.27. The maximum Gasteiger partial charge on any atom is 0.0294 e. The monoisotopic (exact) mass is 231 g/mol. The van der Waals surface area contributed by atoms with Gasteiger partial charge in [-0.25, -0.2) is 0 Å². The number of nitrogens with one attached hydrogen (secondary N) is 1. The molecule has 0 radical (unpaired) electrons. The van der Waals surface area contributed by atoms with Crippen LogP contribution in [0.3, 0.4) is 0 Å². The molecule has 0 spiro atoms. The molecule has 0 bridgehead atoms. The lowest BCUT2D eigenvalue weighted by molar-refractivity contribution is 0.330. The molecule has 1 aliphatic carbocycles. The van der Waals surface area contributed by atoms with E-state index in [2.05, 4.69) is 49.5 Å². The molecule has 1 aromatic carbocycles. The van der Waals surface area contributed by atoms with Crippen molar-refractivity contribution in [1.82, 2.24) is 5.32 Å². The van der Waals surface area contributed by atoms with Gasteiger partial charge in [-0.3, -0.25) is 0 Å². The van der Waals surface area contributed by atoms with Gasteiger partial charge in [0, 0.05) is 12.1 Å². The summed E-state index contributed by atoms with van der Waals surface area (Å²) in [4.78, 5) is 0. The van der Waals surface area contributed by atoms with E-state index in [1.54, 1.807) is 0 Å². The highest BCUT2D eigenvalue weighted by molar-refractivity contribution is 5.18. The second-order valence-corrected chi connectivity index (χ2v) is 5.52. The van der Waals surface area contributed by atoms with E-state index in [0.717, 1.165) is 5.92 Å². The zero-order chi connectivity index (χ0) is 12.1. The summed E-state index contributed by atoms with van der Waals surface area (Å²) < 4.78 is 0. The molecule has 94 valence electrons. The molecule has 1 saturated carbocycles. The molecule has 3 atom stereocenters. The van der Waals surface area contributed by atoms with E-state index < -0.39 is 0 Å². The van der Waals surface area contributed by atoms with E-state index in [-0.39, 0.29) is 0 Å². The molecule has 17 heavy (non-hydrogen) atoms. The fourth-order valence-corrected chi connectivity index (χ4v) is 2.90. The average Bonchev–Trinajstić information content (AvgIpc) is 2.56. The van der Waals surface area contributed by atoms with Crippen molar-refractivity contribution in [2.45, 2.75) is 58.0 Å². The first kappa shape index (κ1) is 12.6. The average molecular weight is 231 g/mol. The second-order valence-electron chi connectivity index (χ2n) is 5.52. The van der Waals surface area contributed by atoms with Gasteiger partial charge in [0.25, 0.3) is 0 Å². The van der Waals surface area contributed by atoms with Crippen molar-refractivity contribution in [2.24, 2.45) is 5.92 Å². The van der Waals surface area contributed by atoms with Gasteiger partial charge in [0.1, 0.15) is 0 Å². The Morgan fingerprint density at radius 2 is 1.76 bits per heavy atom. The number of rotatable bonds is 3. The molecule has 3 unspecified atom stereocenters. The highest BCUT2D eigenvalue weighted by atomic mass is 14.9. The molecule has 0 aromatic heterocycles. The Labute approximate surface area is 106 Å². The van der Waals surface area contributed by atoms with Gasteiger partial charge in [0.15, 0.2) is 0 Å². The van der Waals surface area contributed by atoms with Crippen molar-refractivity contribution < 1.29 is 0 Å². The fourth-order valence-electron chi connectivity index (χ4n) is 2.90. The van der Waals surface area contributed by atoms with Gasteiger partial charge >= 0.3 is 0 Å². The second kappa shape index (κ2) is 6.20. The minimum atomic E-state index is 0.474. The van der Waals surface area contributed by atoms with Crippen LogP contribution < -0.4 is 5.32 Å². The van der Waals surface area contributed by atoms with Crippen molar-refractivity contribution in [2.75, 3.05) is 0 Å². The van der Waals surface area contributed by atoms with Crippen LogP contribution in [0.25, 0.3) is 0 Å². The van der Waals surface area contributed by atoms with Crippen LogP contribution in [0.2, 0.25) is 0 Å². The summed E-state index contributed by atoms with van der Waals surface area (Å²) in [5.74, 6) is 0.823. The Balaban J connectivity index is 1.95. The van der Waals surface area contributed by atoms with Crippen LogP contribution in [-0.4, -0.2) is 6.04 Å². The minimum Gasteiger partial charge on any atom is -0.307 e. The van der Waals surface area contributed by atoms with E-state index >= 15 is 0 Å². The summed E-state index contributed by atoms with van der Waals surface area (Å²) in [6.07, 6.45) is 6.96. The van der Waals surface area contributed by atoms with Crippen molar-refractivity contribution >= 4 is 0 Å². The largest absolute Gasteiger partial charge is 0.307 e. The van der Waals surface area contributed by atoms with E-state index in [4.69, 9.17) is 0 Å². The molecule has 0 aliphatic heterocycles. The van der Waals surface area contributed by atoms with Crippen LogP contribution in [0.4, 0.5) is 0 Å². The topological polar surface area (TPSA) is 12.0 Å². The van der Waals surface area contributed by atoms with Gasteiger partial charge in [-0.15, -0.1) is 0 Å². The summed E-state index contributed by atoms with van der Waals surface area (Å²) in [5.41, 5.74) is 1.41. The minimum absolute atomic E-state index is 0.474.